The van der Waals surface area contributed by atoms with Crippen LogP contribution in [0.2, 0.25) is 0 Å². The molecule has 0 aliphatic rings. The first kappa shape index (κ1) is 11.7. The van der Waals surface area contributed by atoms with Crippen LogP contribution in [0.5, 0.6) is 0 Å². The van der Waals surface area contributed by atoms with Crippen molar-refractivity contribution in [2.24, 2.45) is 5.92 Å². The highest BCUT2D eigenvalue weighted by molar-refractivity contribution is 14.1. The second-order valence-electron chi connectivity index (χ2n) is 3.27. The van der Waals surface area contributed by atoms with Crippen LogP contribution in [0.3, 0.4) is 0 Å². The first-order valence-corrected chi connectivity index (χ1v) is 6.43. The third-order valence-corrected chi connectivity index (χ3v) is 2.80. The highest BCUT2D eigenvalue weighted by Gasteiger charge is 2.04. The molecule has 1 unspecified atom stereocenters. The molecule has 11 heavy (non-hydrogen) atoms. The normalized spacial score (nSPS) is 13.4. The molecule has 0 rings (SSSR count). The van der Waals surface area contributed by atoms with E-state index >= 15 is 0 Å². The van der Waals surface area contributed by atoms with Gasteiger partial charge in [-0.25, -0.2) is 0 Å². The van der Waals surface area contributed by atoms with E-state index in [1.807, 2.05) is 0 Å². The Hall–Kier alpha value is 0.730. The number of hydrogen-bond acceptors (Lipinski definition) is 0. The summed E-state index contributed by atoms with van der Waals surface area (Å²) in [5.74, 6) is 1.02. The second kappa shape index (κ2) is 8.82. The smallest absolute Gasteiger partial charge is 0.000209 e. The van der Waals surface area contributed by atoms with E-state index in [0.717, 1.165) is 5.92 Å². The van der Waals surface area contributed by atoms with Crippen molar-refractivity contribution in [3.05, 3.63) is 0 Å². The molecule has 1 atom stereocenters. The molecule has 0 aromatic carbocycles. The Kier molecular flexibility index (Phi) is 9.41. The van der Waals surface area contributed by atoms with Gasteiger partial charge in [0.05, 0.1) is 0 Å². The molecule has 0 fully saturated rings. The average molecular weight is 268 g/mol. The summed E-state index contributed by atoms with van der Waals surface area (Å²) >= 11 is 2.49. The van der Waals surface area contributed by atoms with Crippen LogP contribution in [0.25, 0.3) is 0 Å². The third-order valence-electron chi connectivity index (χ3n) is 2.18. The summed E-state index contributed by atoms with van der Waals surface area (Å²) in [6.07, 6.45) is 8.51. The lowest BCUT2D eigenvalue weighted by molar-refractivity contribution is 0.422. The summed E-state index contributed by atoms with van der Waals surface area (Å²) in [4.78, 5) is 0. The molecule has 0 aromatic heterocycles. The predicted molar refractivity (Wildman–Crippen MR) is 61.4 cm³/mol. The molecule has 0 saturated carbocycles. The molecule has 0 aliphatic heterocycles. The molecule has 0 nitrogen and oxygen atoms in total. The molecular weight excluding hydrogens is 247 g/mol. The van der Waals surface area contributed by atoms with E-state index in [-0.39, 0.29) is 0 Å². The van der Waals surface area contributed by atoms with Crippen molar-refractivity contribution in [2.75, 3.05) is 4.43 Å². The van der Waals surface area contributed by atoms with Gasteiger partial charge in [-0.1, -0.05) is 68.5 Å². The zero-order chi connectivity index (χ0) is 8.53. The van der Waals surface area contributed by atoms with Gasteiger partial charge in [-0.3, -0.25) is 0 Å². The molecule has 0 N–H and O–H groups in total. The standard InChI is InChI=1S/C10H21I/c1-3-5-7-10(6-4-2)8-9-11/h10H,3-9H2,1-2H3. The van der Waals surface area contributed by atoms with Gasteiger partial charge in [0.25, 0.3) is 0 Å². The number of rotatable bonds is 7. The SMILES string of the molecule is CCCCC(CCC)CCI. The summed E-state index contributed by atoms with van der Waals surface area (Å²) in [6.45, 7) is 4.58. The zero-order valence-corrected chi connectivity index (χ0v) is 10.1. The van der Waals surface area contributed by atoms with Crippen LogP contribution in [0.15, 0.2) is 0 Å². The summed E-state index contributed by atoms with van der Waals surface area (Å²) in [6, 6.07) is 0. The molecule has 0 radical (unpaired) electrons. The van der Waals surface area contributed by atoms with Crippen LogP contribution in [0.4, 0.5) is 0 Å². The van der Waals surface area contributed by atoms with E-state index in [2.05, 4.69) is 36.4 Å². The topological polar surface area (TPSA) is 0 Å². The lowest BCUT2D eigenvalue weighted by Crippen LogP contribution is -2.00. The molecule has 0 amide bonds. The summed E-state index contributed by atoms with van der Waals surface area (Å²) in [7, 11) is 0. The van der Waals surface area contributed by atoms with Gasteiger partial charge >= 0.3 is 0 Å². The fraction of sp³-hybridized carbons (Fsp3) is 1.00. The lowest BCUT2D eigenvalue weighted by atomic mass is 9.95. The number of hydrogen-bond donors (Lipinski definition) is 0. The molecule has 0 bridgehead atoms. The zero-order valence-electron chi connectivity index (χ0n) is 7.91. The predicted octanol–water partition coefficient (Wildman–Crippen LogP) is 4.42. The van der Waals surface area contributed by atoms with E-state index in [4.69, 9.17) is 0 Å². The Labute approximate surface area is 85.3 Å². The summed E-state index contributed by atoms with van der Waals surface area (Å²) < 4.78 is 1.34. The first-order chi connectivity index (χ1) is 5.35. The Morgan fingerprint density at radius 3 is 2.18 bits per heavy atom. The molecule has 0 aliphatic carbocycles. The van der Waals surface area contributed by atoms with E-state index in [0.29, 0.717) is 0 Å². The van der Waals surface area contributed by atoms with E-state index < -0.39 is 0 Å². The fourth-order valence-electron chi connectivity index (χ4n) is 1.49. The largest absolute Gasteiger partial charge is 0.0864 e. The van der Waals surface area contributed by atoms with Gasteiger partial charge in [0, 0.05) is 0 Å². The van der Waals surface area contributed by atoms with Crippen LogP contribution in [0.1, 0.15) is 52.4 Å². The molecule has 0 heterocycles. The number of alkyl halides is 1. The van der Waals surface area contributed by atoms with E-state index in [1.54, 1.807) is 0 Å². The van der Waals surface area contributed by atoms with Gasteiger partial charge < -0.3 is 0 Å². The average Bonchev–Trinajstić information content (AvgIpc) is 2.01. The van der Waals surface area contributed by atoms with E-state index in [9.17, 15) is 0 Å². The molecule has 0 saturated heterocycles. The van der Waals surface area contributed by atoms with Gasteiger partial charge in [0.15, 0.2) is 0 Å². The molecule has 1 heteroatoms. The van der Waals surface area contributed by atoms with Crippen molar-refractivity contribution in [2.45, 2.75) is 52.4 Å². The molecular formula is C10H21I. The van der Waals surface area contributed by atoms with Crippen molar-refractivity contribution in [3.8, 4) is 0 Å². The summed E-state index contributed by atoms with van der Waals surface area (Å²) in [5.41, 5.74) is 0. The van der Waals surface area contributed by atoms with Gasteiger partial charge in [-0.05, 0) is 16.8 Å². The van der Waals surface area contributed by atoms with Crippen molar-refractivity contribution < 1.29 is 0 Å². The number of unbranched alkanes of at least 4 members (excludes halogenated alkanes) is 1. The van der Waals surface area contributed by atoms with Crippen molar-refractivity contribution >= 4 is 22.6 Å². The van der Waals surface area contributed by atoms with Gasteiger partial charge in [-0.2, -0.15) is 0 Å². The van der Waals surface area contributed by atoms with Crippen LogP contribution in [0, 0.1) is 5.92 Å². The van der Waals surface area contributed by atoms with Crippen LogP contribution < -0.4 is 0 Å². The number of halogens is 1. The minimum Gasteiger partial charge on any atom is -0.0864 e. The van der Waals surface area contributed by atoms with E-state index in [1.165, 1.54) is 43.0 Å². The molecule has 0 aromatic rings. The fourth-order valence-corrected chi connectivity index (χ4v) is 2.37. The quantitative estimate of drug-likeness (QED) is 0.473. The van der Waals surface area contributed by atoms with Crippen molar-refractivity contribution in [1.29, 1.82) is 0 Å². The molecule has 0 spiro atoms. The monoisotopic (exact) mass is 268 g/mol. The van der Waals surface area contributed by atoms with Crippen LogP contribution in [-0.2, 0) is 0 Å². The molecule has 68 valence electrons. The lowest BCUT2D eigenvalue weighted by Gasteiger charge is -2.13. The Balaban J connectivity index is 3.34. The highest BCUT2D eigenvalue weighted by Crippen LogP contribution is 2.19. The Morgan fingerprint density at radius 2 is 1.73 bits per heavy atom. The maximum absolute atomic E-state index is 2.49. The Morgan fingerprint density at radius 1 is 1.00 bits per heavy atom. The maximum Gasteiger partial charge on any atom is -0.000209 e. The van der Waals surface area contributed by atoms with Crippen molar-refractivity contribution in [3.63, 3.8) is 0 Å². The van der Waals surface area contributed by atoms with Crippen molar-refractivity contribution in [1.82, 2.24) is 0 Å². The minimum atomic E-state index is 1.02. The van der Waals surface area contributed by atoms with Crippen LogP contribution >= 0.6 is 22.6 Å². The van der Waals surface area contributed by atoms with Gasteiger partial charge in [-0.15, -0.1) is 0 Å². The second-order valence-corrected chi connectivity index (χ2v) is 4.35. The van der Waals surface area contributed by atoms with Gasteiger partial charge in [0.1, 0.15) is 0 Å². The minimum absolute atomic E-state index is 1.02. The first-order valence-electron chi connectivity index (χ1n) is 4.91. The summed E-state index contributed by atoms with van der Waals surface area (Å²) in [5, 5.41) is 0. The highest BCUT2D eigenvalue weighted by atomic mass is 127. The Bertz CT molecular complexity index is 65.3. The van der Waals surface area contributed by atoms with Crippen LogP contribution in [-0.4, -0.2) is 4.43 Å². The maximum atomic E-state index is 2.49. The third kappa shape index (κ3) is 7.10. The van der Waals surface area contributed by atoms with Gasteiger partial charge in [0.2, 0.25) is 0 Å².